The molecule has 0 bridgehead atoms. The summed E-state index contributed by atoms with van der Waals surface area (Å²) >= 11 is 0. The molecule has 0 heteroatoms. The third-order valence-electron chi connectivity index (χ3n) is 0.544. The Hall–Kier alpha value is -0.390. The van der Waals surface area contributed by atoms with Crippen LogP contribution in [0.25, 0.3) is 0 Å². The largest absolute Gasteiger partial charge is 0.115 e. The van der Waals surface area contributed by atoms with Gasteiger partial charge in [0.25, 0.3) is 0 Å². The minimum atomic E-state index is 1.19. The first-order valence-corrected chi connectivity index (χ1v) is 1.48. The third kappa shape index (κ3) is 0.0460. The van der Waals surface area contributed by atoms with Gasteiger partial charge in [0.05, 0.1) is 18.6 Å². The van der Waals surface area contributed by atoms with Gasteiger partial charge in [0.1, 0.15) is 6.42 Å². The zero-order valence-corrected chi connectivity index (χ0v) is 2.44. The molecule has 0 atom stereocenters. The Labute approximate surface area is 26.1 Å². The van der Waals surface area contributed by atoms with Gasteiger partial charge in [-0.25, -0.2) is 0 Å². The van der Waals surface area contributed by atoms with Crippen molar-refractivity contribution in [2.24, 2.45) is 0 Å². The van der Waals surface area contributed by atoms with E-state index in [1.54, 1.807) is 0 Å². The SMILES string of the molecule is C1=CC[CH+]1. The van der Waals surface area contributed by atoms with Crippen LogP contribution in [0.4, 0.5) is 0 Å². The van der Waals surface area contributed by atoms with Crippen molar-refractivity contribution < 1.29 is 0 Å². The molecule has 4 heavy (non-hydrogen) atoms. The van der Waals surface area contributed by atoms with Crippen molar-refractivity contribution in [3.05, 3.63) is 18.6 Å². The summed E-state index contributed by atoms with van der Waals surface area (Å²) in [6.45, 7) is 0. The molecule has 0 unspecified atom stereocenters. The predicted octanol–water partition coefficient (Wildman–Crippen LogP) is 1.15. The maximum Gasteiger partial charge on any atom is 0.115 e. The number of hydrogen-bond donors (Lipinski definition) is 0. The monoisotopic (exact) mass is 53.0 g/mol. The molecule has 20 valence electrons. The Morgan fingerprint density at radius 1 is 1.75 bits per heavy atom. The summed E-state index contributed by atoms with van der Waals surface area (Å²) in [4.78, 5) is 0. The Morgan fingerprint density at radius 2 is 2.00 bits per heavy atom. The lowest BCUT2D eigenvalue weighted by atomic mass is 10.1. The number of allylic oxidation sites excluding steroid dienone is 2. The molecular formula is C4H5+. The fourth-order valence-corrected chi connectivity index (χ4v) is 0.136. The van der Waals surface area contributed by atoms with Gasteiger partial charge in [0.15, 0.2) is 0 Å². The molecule has 0 heterocycles. The van der Waals surface area contributed by atoms with Gasteiger partial charge in [-0.2, -0.15) is 0 Å². The molecule has 0 spiro atoms. The summed E-state index contributed by atoms with van der Waals surface area (Å²) < 4.78 is 0. The van der Waals surface area contributed by atoms with Gasteiger partial charge in [0, 0.05) is 0 Å². The van der Waals surface area contributed by atoms with Crippen LogP contribution in [0, 0.1) is 6.42 Å². The second-order valence-corrected chi connectivity index (χ2v) is 0.900. The number of hydrogen-bond acceptors (Lipinski definition) is 0. The van der Waals surface area contributed by atoms with Crippen LogP contribution >= 0.6 is 0 Å². The van der Waals surface area contributed by atoms with E-state index in [0.29, 0.717) is 0 Å². The predicted molar refractivity (Wildman–Crippen MR) is 18.1 cm³/mol. The first-order valence-electron chi connectivity index (χ1n) is 1.48. The van der Waals surface area contributed by atoms with Crippen LogP contribution in [0.2, 0.25) is 0 Å². The van der Waals surface area contributed by atoms with Crippen molar-refractivity contribution in [2.75, 3.05) is 0 Å². The lowest BCUT2D eigenvalue weighted by molar-refractivity contribution is 1.20. The first kappa shape index (κ1) is 1.89. The molecule has 0 amide bonds. The third-order valence-corrected chi connectivity index (χ3v) is 0.544. The standard InChI is InChI=1S/C4H5/c1-2-4-3-1/h1-3H,4H2/q+1. The average Bonchev–Trinajstić information content (AvgIpc) is 0.722. The normalized spacial score (nSPS) is 18.0. The molecule has 0 saturated heterocycles. The highest BCUT2D eigenvalue weighted by Crippen LogP contribution is 2.00. The van der Waals surface area contributed by atoms with Gasteiger partial charge in [-0.15, -0.1) is 0 Å². The molecule has 0 fully saturated rings. The van der Waals surface area contributed by atoms with Gasteiger partial charge in [0.2, 0.25) is 0 Å². The Balaban J connectivity index is 2.47. The molecule has 0 N–H and O–H groups in total. The Kier molecular flexibility index (Phi) is 0.245. The van der Waals surface area contributed by atoms with E-state index in [1.807, 2.05) is 0 Å². The zero-order valence-electron chi connectivity index (χ0n) is 2.44. The highest BCUT2D eigenvalue weighted by Gasteiger charge is 1.95. The maximum absolute atomic E-state index is 2.12. The van der Waals surface area contributed by atoms with Crippen molar-refractivity contribution >= 4 is 0 Å². The van der Waals surface area contributed by atoms with Crippen molar-refractivity contribution in [1.82, 2.24) is 0 Å². The van der Waals surface area contributed by atoms with Crippen LogP contribution in [0.3, 0.4) is 0 Å². The summed E-state index contributed by atoms with van der Waals surface area (Å²) in [6.07, 6.45) is 7.50. The molecule has 0 aromatic rings. The zero-order chi connectivity index (χ0) is 2.83. The first-order chi connectivity index (χ1) is 2.00. The average molecular weight is 53.1 g/mol. The second-order valence-electron chi connectivity index (χ2n) is 0.900. The van der Waals surface area contributed by atoms with E-state index < -0.39 is 0 Å². The molecule has 0 saturated carbocycles. The number of rotatable bonds is 0. The minimum absolute atomic E-state index is 1.19. The molecule has 0 radical (unpaired) electrons. The Bertz CT molecular complexity index is 29.3. The van der Waals surface area contributed by atoms with Crippen molar-refractivity contribution in [1.29, 1.82) is 0 Å². The van der Waals surface area contributed by atoms with E-state index in [9.17, 15) is 0 Å². The molecular weight excluding hydrogens is 48.0 g/mol. The van der Waals surface area contributed by atoms with Crippen molar-refractivity contribution in [3.8, 4) is 0 Å². The second kappa shape index (κ2) is 0.519. The van der Waals surface area contributed by atoms with Gasteiger partial charge < -0.3 is 0 Å². The molecule has 1 aliphatic rings. The molecule has 0 aromatic heterocycles. The summed E-state index contributed by atoms with van der Waals surface area (Å²) in [6, 6.07) is 0. The van der Waals surface area contributed by atoms with E-state index in [0.717, 1.165) is 0 Å². The summed E-state index contributed by atoms with van der Waals surface area (Å²) in [5.74, 6) is 0. The van der Waals surface area contributed by atoms with Crippen LogP contribution < -0.4 is 0 Å². The topological polar surface area (TPSA) is 0 Å². The summed E-state index contributed by atoms with van der Waals surface area (Å²) in [5, 5.41) is 0. The fourth-order valence-electron chi connectivity index (χ4n) is 0.136. The molecule has 0 aromatic carbocycles. The lowest BCUT2D eigenvalue weighted by Crippen LogP contribution is -1.73. The molecule has 1 aliphatic carbocycles. The quantitative estimate of drug-likeness (QED) is 0.363. The van der Waals surface area contributed by atoms with Gasteiger partial charge in [-0.05, 0) is 0 Å². The fraction of sp³-hybridized carbons (Fsp3) is 0.250. The van der Waals surface area contributed by atoms with E-state index in [2.05, 4.69) is 18.6 Å². The van der Waals surface area contributed by atoms with Crippen molar-refractivity contribution in [2.45, 2.75) is 6.42 Å². The smallest absolute Gasteiger partial charge is 0.0639 e. The minimum Gasteiger partial charge on any atom is 0.0639 e. The van der Waals surface area contributed by atoms with E-state index >= 15 is 0 Å². The van der Waals surface area contributed by atoms with Crippen LogP contribution in [0.15, 0.2) is 12.2 Å². The van der Waals surface area contributed by atoms with Gasteiger partial charge >= 0.3 is 0 Å². The maximum atomic E-state index is 2.12. The van der Waals surface area contributed by atoms with Crippen LogP contribution in [0.1, 0.15) is 6.42 Å². The van der Waals surface area contributed by atoms with Crippen LogP contribution in [-0.2, 0) is 0 Å². The van der Waals surface area contributed by atoms with Gasteiger partial charge in [-0.3, -0.25) is 0 Å². The van der Waals surface area contributed by atoms with E-state index in [1.165, 1.54) is 6.42 Å². The van der Waals surface area contributed by atoms with Crippen LogP contribution in [-0.4, -0.2) is 0 Å². The lowest BCUT2D eigenvalue weighted by Gasteiger charge is -1.78. The highest BCUT2D eigenvalue weighted by atomic mass is 13.9. The van der Waals surface area contributed by atoms with E-state index in [-0.39, 0.29) is 0 Å². The van der Waals surface area contributed by atoms with Crippen molar-refractivity contribution in [3.63, 3.8) is 0 Å². The molecule has 1 rings (SSSR count). The Morgan fingerprint density at radius 3 is 2.00 bits per heavy atom. The molecule has 0 nitrogen and oxygen atoms in total. The van der Waals surface area contributed by atoms with E-state index in [4.69, 9.17) is 0 Å². The van der Waals surface area contributed by atoms with Gasteiger partial charge in [-0.1, -0.05) is 0 Å². The highest BCUT2D eigenvalue weighted by molar-refractivity contribution is 5.08. The molecule has 0 aliphatic heterocycles. The summed E-state index contributed by atoms with van der Waals surface area (Å²) in [7, 11) is 0. The van der Waals surface area contributed by atoms with Crippen LogP contribution in [0.5, 0.6) is 0 Å². The summed E-state index contributed by atoms with van der Waals surface area (Å²) in [5.41, 5.74) is 0.